The maximum Gasteiger partial charge on any atom is 0.415 e. The summed E-state index contributed by atoms with van der Waals surface area (Å²) in [4.78, 5) is 0. The third-order valence-electron chi connectivity index (χ3n) is 0.947. The second-order valence-electron chi connectivity index (χ2n) is 1.72. The van der Waals surface area contributed by atoms with Crippen LogP contribution in [0.4, 0.5) is 13.2 Å². The van der Waals surface area contributed by atoms with Gasteiger partial charge in [0.25, 0.3) is 0 Å². The van der Waals surface area contributed by atoms with E-state index in [1.165, 1.54) is 6.92 Å². The highest BCUT2D eigenvalue weighted by atomic mass is 35.5. The normalized spacial score (nSPS) is 13.9. The average molecular weight is 194 g/mol. The molecule has 6 heteroatoms. The number of hydrogen-bond donors (Lipinski definition) is 1. The molecule has 0 aliphatic heterocycles. The van der Waals surface area contributed by atoms with E-state index in [-0.39, 0.29) is 19.0 Å². The summed E-state index contributed by atoms with van der Waals surface area (Å²) in [5, 5.41) is 0. The number of nitrogens with two attached hydrogens (primary N) is 1. The molecule has 0 fully saturated rings. The molecule has 0 aliphatic carbocycles. The van der Waals surface area contributed by atoms with Crippen molar-refractivity contribution >= 4 is 12.4 Å². The van der Waals surface area contributed by atoms with E-state index >= 15 is 0 Å². The van der Waals surface area contributed by atoms with Gasteiger partial charge in [0.05, 0.1) is 0 Å². The van der Waals surface area contributed by atoms with Crippen LogP contribution in [0.3, 0.4) is 0 Å². The van der Waals surface area contributed by atoms with E-state index in [9.17, 15) is 13.2 Å². The van der Waals surface area contributed by atoms with Crippen molar-refractivity contribution in [2.45, 2.75) is 19.2 Å². The highest BCUT2D eigenvalue weighted by Crippen LogP contribution is 2.21. The van der Waals surface area contributed by atoms with Crippen LogP contribution in [0.15, 0.2) is 0 Å². The van der Waals surface area contributed by atoms with Crippen LogP contribution < -0.4 is 5.73 Å². The van der Waals surface area contributed by atoms with Crippen LogP contribution in [0.5, 0.6) is 0 Å². The molecule has 0 aromatic carbocycles. The Balaban J connectivity index is 0. The minimum absolute atomic E-state index is 0. The molecule has 0 radical (unpaired) electrons. The molecular weight excluding hydrogens is 183 g/mol. The smallest absolute Gasteiger partial charge is 0.368 e. The van der Waals surface area contributed by atoms with Crippen molar-refractivity contribution in [3.63, 3.8) is 0 Å². The Bertz CT molecular complexity index is 98.2. The molecule has 0 rings (SSSR count). The number of hydrogen-bond acceptors (Lipinski definition) is 2. The molecule has 0 spiro atoms. The van der Waals surface area contributed by atoms with Gasteiger partial charge < -0.3 is 10.5 Å². The van der Waals surface area contributed by atoms with Gasteiger partial charge in [0, 0.05) is 13.2 Å². The van der Waals surface area contributed by atoms with Gasteiger partial charge in [0.1, 0.15) is 0 Å². The second-order valence-corrected chi connectivity index (χ2v) is 1.72. The highest BCUT2D eigenvalue weighted by molar-refractivity contribution is 5.85. The van der Waals surface area contributed by atoms with Gasteiger partial charge in [-0.2, -0.15) is 13.2 Å². The van der Waals surface area contributed by atoms with E-state index in [0.29, 0.717) is 0 Å². The first-order chi connectivity index (χ1) is 4.52. The zero-order chi connectivity index (χ0) is 8.20. The summed E-state index contributed by atoms with van der Waals surface area (Å²) in [5.41, 5.74) is 4.80. The molecule has 0 aromatic rings. The maximum absolute atomic E-state index is 11.7. The van der Waals surface area contributed by atoms with Gasteiger partial charge in [-0.25, -0.2) is 0 Å². The van der Waals surface area contributed by atoms with Crippen LogP contribution in [-0.2, 0) is 4.74 Å². The van der Waals surface area contributed by atoms with Gasteiger partial charge in [-0.1, -0.05) is 0 Å². The fourth-order valence-electron chi connectivity index (χ4n) is 0.497. The molecule has 0 aromatic heterocycles. The lowest BCUT2D eigenvalue weighted by Gasteiger charge is -2.17. The van der Waals surface area contributed by atoms with E-state index in [1.54, 1.807) is 0 Å². The van der Waals surface area contributed by atoms with Crippen molar-refractivity contribution in [3.05, 3.63) is 0 Å². The fourth-order valence-corrected chi connectivity index (χ4v) is 0.497. The number of halogens is 4. The molecule has 70 valence electrons. The van der Waals surface area contributed by atoms with Gasteiger partial charge in [0.2, 0.25) is 0 Å². The molecule has 2 N–H and O–H groups in total. The number of ether oxygens (including phenoxy) is 1. The summed E-state index contributed by atoms with van der Waals surface area (Å²) in [7, 11) is 0. The minimum Gasteiger partial charge on any atom is -0.368 e. The van der Waals surface area contributed by atoms with Crippen LogP contribution in [0.25, 0.3) is 0 Å². The predicted molar refractivity (Wildman–Crippen MR) is 37.8 cm³/mol. The van der Waals surface area contributed by atoms with Gasteiger partial charge in [-0.05, 0) is 6.92 Å². The summed E-state index contributed by atoms with van der Waals surface area (Å²) in [6.07, 6.45) is -6.14. The van der Waals surface area contributed by atoms with Crippen molar-refractivity contribution in [1.82, 2.24) is 0 Å². The summed E-state index contributed by atoms with van der Waals surface area (Å²) in [6, 6.07) is 0. The van der Waals surface area contributed by atoms with E-state index in [4.69, 9.17) is 5.73 Å². The van der Waals surface area contributed by atoms with E-state index in [1.807, 2.05) is 0 Å². The lowest BCUT2D eigenvalue weighted by Crippen LogP contribution is -2.38. The molecule has 1 atom stereocenters. The number of alkyl halides is 3. The Hall–Kier alpha value is -0.0000000000000000555. The van der Waals surface area contributed by atoms with Crippen molar-refractivity contribution in [2.24, 2.45) is 5.73 Å². The molecule has 2 nitrogen and oxygen atoms in total. The van der Waals surface area contributed by atoms with Gasteiger partial charge in [-0.3, -0.25) is 0 Å². The first-order valence-corrected chi connectivity index (χ1v) is 2.90. The quantitative estimate of drug-likeness (QED) is 0.734. The fraction of sp³-hybridized carbons (Fsp3) is 1.00. The van der Waals surface area contributed by atoms with Crippen LogP contribution in [0.1, 0.15) is 6.92 Å². The first kappa shape index (κ1) is 13.6. The Morgan fingerprint density at radius 3 is 2.00 bits per heavy atom. The minimum atomic E-state index is -4.33. The van der Waals surface area contributed by atoms with Crippen molar-refractivity contribution in [3.8, 4) is 0 Å². The Labute approximate surface area is 69.3 Å². The van der Waals surface area contributed by atoms with Gasteiger partial charge >= 0.3 is 6.18 Å². The lowest BCUT2D eigenvalue weighted by molar-refractivity contribution is -0.215. The summed E-state index contributed by atoms with van der Waals surface area (Å²) in [6.45, 7) is 1.01. The largest absolute Gasteiger partial charge is 0.415 e. The maximum atomic E-state index is 11.7. The monoisotopic (exact) mass is 193 g/mol. The summed E-state index contributed by atoms with van der Waals surface area (Å²) in [5.74, 6) is 0. The zero-order valence-electron chi connectivity index (χ0n) is 6.02. The Kier molecular flexibility index (Phi) is 6.94. The first-order valence-electron chi connectivity index (χ1n) is 2.90. The second kappa shape index (κ2) is 5.62. The van der Waals surface area contributed by atoms with Crippen LogP contribution >= 0.6 is 12.4 Å². The van der Waals surface area contributed by atoms with E-state index in [2.05, 4.69) is 4.74 Å². The van der Waals surface area contributed by atoms with Crippen molar-refractivity contribution in [1.29, 1.82) is 0 Å². The molecule has 0 aliphatic rings. The molecule has 0 amide bonds. The molecule has 11 heavy (non-hydrogen) atoms. The standard InChI is InChI=1S/C5H10F3NO.ClH/c1-2-10-4(3-9)5(6,7)8;/h4H,2-3,9H2,1H3;1H. The van der Waals surface area contributed by atoms with Crippen LogP contribution in [-0.4, -0.2) is 25.4 Å². The Morgan fingerprint density at radius 2 is 1.91 bits per heavy atom. The van der Waals surface area contributed by atoms with Crippen molar-refractivity contribution in [2.75, 3.05) is 13.2 Å². The van der Waals surface area contributed by atoms with Gasteiger partial charge in [-0.15, -0.1) is 12.4 Å². The molecule has 0 bridgehead atoms. The van der Waals surface area contributed by atoms with Crippen LogP contribution in [0, 0.1) is 0 Å². The van der Waals surface area contributed by atoms with Crippen LogP contribution in [0.2, 0.25) is 0 Å². The van der Waals surface area contributed by atoms with Crippen molar-refractivity contribution < 1.29 is 17.9 Å². The Morgan fingerprint density at radius 1 is 1.45 bits per heavy atom. The summed E-state index contributed by atoms with van der Waals surface area (Å²) >= 11 is 0. The highest BCUT2D eigenvalue weighted by Gasteiger charge is 2.39. The molecule has 1 unspecified atom stereocenters. The van der Waals surface area contributed by atoms with E-state index < -0.39 is 18.8 Å². The summed E-state index contributed by atoms with van der Waals surface area (Å²) < 4.78 is 39.4. The topological polar surface area (TPSA) is 35.2 Å². The molecular formula is C5H11ClF3NO. The average Bonchev–Trinajstić information content (AvgIpc) is 1.80. The SMILES string of the molecule is CCOC(CN)C(F)(F)F.Cl. The lowest BCUT2D eigenvalue weighted by atomic mass is 10.3. The zero-order valence-corrected chi connectivity index (χ0v) is 6.84. The van der Waals surface area contributed by atoms with E-state index in [0.717, 1.165) is 0 Å². The van der Waals surface area contributed by atoms with Gasteiger partial charge in [0.15, 0.2) is 6.10 Å². The molecule has 0 saturated heterocycles. The number of rotatable bonds is 3. The third kappa shape index (κ3) is 5.29. The molecule has 0 saturated carbocycles. The third-order valence-corrected chi connectivity index (χ3v) is 0.947. The predicted octanol–water partition coefficient (Wildman–Crippen LogP) is 1.33. The molecule has 0 heterocycles.